The molecule has 0 aliphatic carbocycles. The molecule has 0 spiro atoms. The predicted octanol–water partition coefficient (Wildman–Crippen LogP) is 17.0. The minimum Gasteiger partial charge on any atom is -0.507 e. The molecule has 68 heavy (non-hydrogen) atoms. The Hall–Kier alpha value is -6.39. The molecule has 3 heterocycles. The summed E-state index contributed by atoms with van der Waals surface area (Å²) in [6.45, 7) is 20.0. The van der Waals surface area contributed by atoms with Crippen LogP contribution in [0, 0.1) is 6.07 Å². The van der Waals surface area contributed by atoms with E-state index in [-0.39, 0.29) is 43.1 Å². The van der Waals surface area contributed by atoms with E-state index in [1.54, 1.807) is 0 Å². The van der Waals surface area contributed by atoms with Crippen LogP contribution in [-0.4, -0.2) is 19.6 Å². The molecule has 0 radical (unpaired) electrons. The molecule has 0 fully saturated rings. The topological polar surface area (TPSA) is 50.9 Å². The molecular weight excluding hydrogens is 1030 g/mol. The Morgan fingerprint density at radius 3 is 1.87 bits per heavy atom. The Kier molecular flexibility index (Phi) is 12.3. The van der Waals surface area contributed by atoms with E-state index >= 15 is 0 Å². The third-order valence-corrected chi connectivity index (χ3v) is 14.0. The molecule has 7 aromatic carbocycles. The Balaban J connectivity index is 0.00000578. The van der Waals surface area contributed by atoms with Crippen LogP contribution in [0.15, 0.2) is 170 Å². The van der Waals surface area contributed by atoms with Gasteiger partial charge in [-0.05, 0) is 90.4 Å². The minimum atomic E-state index is -0.317. The van der Waals surface area contributed by atoms with Crippen LogP contribution < -0.4 is 0 Å². The molecule has 0 unspecified atom stereocenters. The third kappa shape index (κ3) is 8.79. The van der Waals surface area contributed by atoms with Gasteiger partial charge in [0.05, 0.1) is 28.0 Å². The fourth-order valence-corrected chi connectivity index (χ4v) is 10.3. The van der Waals surface area contributed by atoms with E-state index in [0.29, 0.717) is 11.4 Å². The van der Waals surface area contributed by atoms with E-state index in [4.69, 9.17) is 9.97 Å². The second-order valence-corrected chi connectivity index (χ2v) is 21.9. The maximum absolute atomic E-state index is 12.4. The molecule has 6 heteroatoms. The summed E-state index contributed by atoms with van der Waals surface area (Å²) in [5, 5.41) is 13.5. The van der Waals surface area contributed by atoms with Crippen LogP contribution in [0.5, 0.6) is 5.75 Å². The van der Waals surface area contributed by atoms with E-state index in [1.165, 1.54) is 37.2 Å². The molecule has 1 N–H and O–H groups in total. The van der Waals surface area contributed by atoms with Crippen molar-refractivity contribution in [2.75, 3.05) is 0 Å². The van der Waals surface area contributed by atoms with Gasteiger partial charge in [-0.15, -0.1) is 23.8 Å². The predicted molar refractivity (Wildman–Crippen MR) is 283 cm³/mol. The van der Waals surface area contributed by atoms with Crippen LogP contribution in [-0.2, 0) is 37.3 Å². The van der Waals surface area contributed by atoms with Crippen LogP contribution in [0.1, 0.15) is 79.0 Å². The van der Waals surface area contributed by atoms with Gasteiger partial charge in [-0.2, -0.15) is 11.3 Å². The summed E-state index contributed by atoms with van der Waals surface area (Å²) < 4.78 is 3.42. The molecular formula is C62H56N3OPtS-. The number of aromatic nitrogens is 3. The summed E-state index contributed by atoms with van der Waals surface area (Å²) in [5.74, 6) is 0.921. The fraction of sp³-hybridized carbons (Fsp3) is 0.194. The number of aromatic hydroxyl groups is 1. The first kappa shape index (κ1) is 46.7. The maximum atomic E-state index is 12.4. The number of fused-ring (bicyclic) bond motifs is 2. The van der Waals surface area contributed by atoms with Gasteiger partial charge in [0.1, 0.15) is 11.6 Å². The van der Waals surface area contributed by atoms with Gasteiger partial charge in [-0.1, -0.05) is 195 Å². The van der Waals surface area contributed by atoms with Crippen LogP contribution in [0.4, 0.5) is 0 Å². The molecule has 0 aliphatic heterocycles. The number of thiophene rings is 1. The maximum Gasteiger partial charge on any atom is 0.149 e. The van der Waals surface area contributed by atoms with Gasteiger partial charge in [-0.3, -0.25) is 9.55 Å². The number of phenolic OH excluding ortho intramolecular Hbond substituents is 1. The number of pyridine rings is 1. The largest absolute Gasteiger partial charge is 0.507 e. The number of nitrogens with zero attached hydrogens (tertiary/aromatic N) is 3. The Morgan fingerprint density at radius 1 is 0.515 bits per heavy atom. The molecule has 4 nitrogen and oxygen atoms in total. The number of benzene rings is 7. The van der Waals surface area contributed by atoms with E-state index in [2.05, 4.69) is 237 Å². The number of imidazole rings is 1. The minimum absolute atomic E-state index is 0. The summed E-state index contributed by atoms with van der Waals surface area (Å²) in [6, 6.07) is 63.6. The third-order valence-electron chi connectivity index (χ3n) is 12.9. The summed E-state index contributed by atoms with van der Waals surface area (Å²) in [6.07, 6.45) is 0. The second kappa shape index (κ2) is 17.9. The molecule has 0 saturated carbocycles. The molecule has 10 aromatic rings. The Morgan fingerprint density at radius 2 is 1.16 bits per heavy atom. The Labute approximate surface area is 419 Å². The van der Waals surface area contributed by atoms with Crippen LogP contribution in [0.2, 0.25) is 0 Å². The van der Waals surface area contributed by atoms with Crippen molar-refractivity contribution < 1.29 is 26.2 Å². The average molecular weight is 1090 g/mol. The summed E-state index contributed by atoms with van der Waals surface area (Å²) in [5.41, 5.74) is 15.6. The quantitative estimate of drug-likeness (QED) is 0.162. The van der Waals surface area contributed by atoms with Crippen molar-refractivity contribution in [3.63, 3.8) is 0 Å². The van der Waals surface area contributed by atoms with Crippen LogP contribution >= 0.6 is 11.3 Å². The molecule has 0 saturated heterocycles. The monoisotopic (exact) mass is 1090 g/mol. The van der Waals surface area contributed by atoms with Crippen molar-refractivity contribution in [3.05, 3.63) is 193 Å². The molecule has 342 valence electrons. The van der Waals surface area contributed by atoms with Gasteiger partial charge in [0.2, 0.25) is 0 Å². The first-order chi connectivity index (χ1) is 32.0. The van der Waals surface area contributed by atoms with Crippen molar-refractivity contribution in [3.8, 4) is 78.0 Å². The van der Waals surface area contributed by atoms with Gasteiger partial charge in [0.15, 0.2) is 0 Å². The van der Waals surface area contributed by atoms with Gasteiger partial charge in [0, 0.05) is 42.6 Å². The van der Waals surface area contributed by atoms with Gasteiger partial charge >= 0.3 is 0 Å². The molecule has 0 aliphatic rings. The fourth-order valence-electron chi connectivity index (χ4n) is 9.26. The summed E-state index contributed by atoms with van der Waals surface area (Å²) >= 11 is 1.81. The SMILES string of the molecule is CC(C)(C)c1cc(-c2nc3c(-c4cccc(-c5[c-]cc6sc(-c7ccc(-c8ccccc8)cc7C(C)(C)C)cc6c5)n4)cccc3n2-c2ccccc2-c2ccccc2)c(O)c(C(C)(C)C)c1.[Pt]. The van der Waals surface area contributed by atoms with E-state index in [1.807, 2.05) is 17.4 Å². The zero-order valence-electron chi connectivity index (χ0n) is 40.2. The van der Waals surface area contributed by atoms with Crippen molar-refractivity contribution in [1.29, 1.82) is 0 Å². The second-order valence-electron chi connectivity index (χ2n) is 20.8. The zero-order chi connectivity index (χ0) is 46.8. The standard InChI is InChI=1S/C62H56N3OS.Pt/c1-60(2,3)44-37-48(58(66)50(38-44)62(7,8)9)59-64-57-47(25-18-29-54(57)65(59)53-28-17-16-24-45(53)40-22-14-11-15-23-40)52-27-19-26-51(63-52)42-31-33-55-43(34-42)36-56(67-55)46-32-30-41(35-49(46)61(4,5)6)39-20-12-10-13-21-39;/h10-30,32-38,66H,1-9H3;/q-1;. The Bertz CT molecular complexity index is 3470. The van der Waals surface area contributed by atoms with E-state index in [0.717, 1.165) is 61.5 Å². The van der Waals surface area contributed by atoms with Crippen molar-refractivity contribution in [2.24, 2.45) is 0 Å². The number of phenols is 1. The zero-order valence-corrected chi connectivity index (χ0v) is 43.3. The first-order valence-electron chi connectivity index (χ1n) is 23.2. The average Bonchev–Trinajstić information content (AvgIpc) is 3.93. The van der Waals surface area contributed by atoms with Gasteiger partial charge in [-0.25, -0.2) is 4.98 Å². The molecule has 0 atom stereocenters. The van der Waals surface area contributed by atoms with Crippen LogP contribution in [0.25, 0.3) is 93.4 Å². The van der Waals surface area contributed by atoms with Crippen molar-refractivity contribution in [2.45, 2.75) is 78.6 Å². The smallest absolute Gasteiger partial charge is 0.149 e. The first-order valence-corrected chi connectivity index (χ1v) is 24.0. The number of hydrogen-bond acceptors (Lipinski definition) is 4. The summed E-state index contributed by atoms with van der Waals surface area (Å²) in [7, 11) is 0. The molecule has 3 aromatic heterocycles. The van der Waals surface area contributed by atoms with Crippen molar-refractivity contribution >= 4 is 32.5 Å². The number of para-hydroxylation sites is 2. The van der Waals surface area contributed by atoms with Crippen LogP contribution in [0.3, 0.4) is 0 Å². The normalized spacial score (nSPS) is 12.1. The number of rotatable bonds is 7. The summed E-state index contributed by atoms with van der Waals surface area (Å²) in [4.78, 5) is 12.2. The molecule has 0 amide bonds. The molecule has 0 bridgehead atoms. The number of hydrogen-bond donors (Lipinski definition) is 1. The van der Waals surface area contributed by atoms with Crippen molar-refractivity contribution in [1.82, 2.24) is 14.5 Å². The van der Waals surface area contributed by atoms with E-state index in [9.17, 15) is 5.11 Å². The van der Waals surface area contributed by atoms with Gasteiger partial charge in [0.25, 0.3) is 0 Å². The van der Waals surface area contributed by atoms with E-state index < -0.39 is 0 Å². The van der Waals surface area contributed by atoms with Gasteiger partial charge < -0.3 is 5.11 Å². The molecule has 10 rings (SSSR count).